The van der Waals surface area contributed by atoms with Crippen LogP contribution in [0, 0.1) is 17.3 Å². The van der Waals surface area contributed by atoms with E-state index in [1.165, 1.54) is 38.5 Å². The Balaban J connectivity index is 0.00000106. The zero-order chi connectivity index (χ0) is 16.0. The van der Waals surface area contributed by atoms with Crippen molar-refractivity contribution in [3.05, 3.63) is 0 Å². The lowest BCUT2D eigenvalue weighted by atomic mass is 9.59. The van der Waals surface area contributed by atoms with Crippen molar-refractivity contribution in [2.24, 2.45) is 17.3 Å². The average Bonchev–Trinajstić information content (AvgIpc) is 2.38. The zero-order valence-corrected chi connectivity index (χ0v) is 15.4. The van der Waals surface area contributed by atoms with E-state index in [1.54, 1.807) is 0 Å². The molecule has 2 bridgehead atoms. The van der Waals surface area contributed by atoms with Gasteiger partial charge in [-0.2, -0.15) is 0 Å². The van der Waals surface area contributed by atoms with Crippen LogP contribution in [-0.4, -0.2) is 18.5 Å². The minimum absolute atomic E-state index is 0.00181. The van der Waals surface area contributed by atoms with Crippen molar-refractivity contribution in [1.82, 2.24) is 0 Å². The third kappa shape index (κ3) is 5.25. The molecule has 2 saturated carbocycles. The van der Waals surface area contributed by atoms with Crippen molar-refractivity contribution in [1.29, 1.82) is 0 Å². The molecular weight excluding hydrogens is 260 g/mol. The Kier molecular flexibility index (Phi) is 7.70. The third-order valence-electron chi connectivity index (χ3n) is 4.76. The first kappa shape index (κ1) is 19.0. The Morgan fingerprint density at radius 3 is 2.05 bits per heavy atom. The molecule has 0 radical (unpaired) electrons. The highest BCUT2D eigenvalue weighted by Gasteiger charge is 2.48. The minimum Gasteiger partial charge on any atom is -0.349 e. The van der Waals surface area contributed by atoms with Crippen LogP contribution in [0.15, 0.2) is 0 Å². The fraction of sp³-hybridized carbons (Fsp3) is 1.00. The summed E-state index contributed by atoms with van der Waals surface area (Å²) < 4.78 is 12.4. The summed E-state index contributed by atoms with van der Waals surface area (Å²) in [4.78, 5) is 0. The Morgan fingerprint density at radius 1 is 0.952 bits per heavy atom. The van der Waals surface area contributed by atoms with Crippen LogP contribution in [0.25, 0.3) is 0 Å². The highest BCUT2D eigenvalue weighted by Crippen LogP contribution is 2.54. The van der Waals surface area contributed by atoms with Crippen LogP contribution in [0.4, 0.5) is 0 Å². The Morgan fingerprint density at radius 2 is 1.52 bits per heavy atom. The lowest BCUT2D eigenvalue weighted by Gasteiger charge is -2.51. The number of rotatable bonds is 5. The van der Waals surface area contributed by atoms with E-state index in [0.717, 1.165) is 11.8 Å². The van der Waals surface area contributed by atoms with Gasteiger partial charge >= 0.3 is 0 Å². The summed E-state index contributed by atoms with van der Waals surface area (Å²) in [7, 11) is 0. The summed E-state index contributed by atoms with van der Waals surface area (Å²) in [5.74, 6) is 1.74. The summed E-state index contributed by atoms with van der Waals surface area (Å²) in [6.45, 7) is 14.9. The molecule has 0 amide bonds. The van der Waals surface area contributed by atoms with Gasteiger partial charge in [-0.1, -0.05) is 33.6 Å². The van der Waals surface area contributed by atoms with Crippen molar-refractivity contribution < 1.29 is 9.47 Å². The molecule has 21 heavy (non-hydrogen) atoms. The smallest absolute Gasteiger partial charge is 0.163 e. The lowest BCUT2D eigenvalue weighted by Crippen LogP contribution is -2.48. The van der Waals surface area contributed by atoms with Gasteiger partial charge in [0.1, 0.15) is 0 Å². The molecule has 2 heteroatoms. The first-order chi connectivity index (χ1) is 9.91. The summed E-state index contributed by atoms with van der Waals surface area (Å²) in [6, 6.07) is 0. The van der Waals surface area contributed by atoms with E-state index in [4.69, 9.17) is 9.47 Å². The minimum atomic E-state index is -0.00181. The molecule has 0 aromatic heterocycles. The summed E-state index contributed by atoms with van der Waals surface area (Å²) in [5.41, 5.74) is 0.287. The number of ether oxygens (including phenoxy) is 2. The molecule has 0 N–H and O–H groups in total. The second-order valence-electron chi connectivity index (χ2n) is 7.57. The van der Waals surface area contributed by atoms with Gasteiger partial charge in [0.15, 0.2) is 6.29 Å². The predicted molar refractivity (Wildman–Crippen MR) is 90.4 cm³/mol. The first-order valence-corrected chi connectivity index (χ1v) is 9.22. The van der Waals surface area contributed by atoms with Crippen LogP contribution in [-0.2, 0) is 9.47 Å². The fourth-order valence-corrected chi connectivity index (χ4v) is 4.38. The Labute approximate surface area is 133 Å². The van der Waals surface area contributed by atoms with Gasteiger partial charge in [0.25, 0.3) is 0 Å². The van der Waals surface area contributed by atoms with Crippen LogP contribution < -0.4 is 0 Å². The van der Waals surface area contributed by atoms with E-state index in [0.29, 0.717) is 0 Å². The number of fused-ring (bicyclic) bond motifs is 2. The maximum atomic E-state index is 6.20. The molecular formula is C19H38O2. The van der Waals surface area contributed by atoms with Crippen molar-refractivity contribution in [3.8, 4) is 0 Å². The molecule has 0 aliphatic heterocycles. The van der Waals surface area contributed by atoms with Gasteiger partial charge in [-0.3, -0.25) is 0 Å². The van der Waals surface area contributed by atoms with E-state index in [2.05, 4.69) is 34.6 Å². The molecule has 0 aromatic carbocycles. The largest absolute Gasteiger partial charge is 0.349 e. The molecule has 0 heterocycles. The van der Waals surface area contributed by atoms with Crippen LogP contribution >= 0.6 is 0 Å². The lowest BCUT2D eigenvalue weighted by molar-refractivity contribution is -0.259. The molecule has 2 fully saturated rings. The fourth-order valence-electron chi connectivity index (χ4n) is 4.38. The predicted octanol–water partition coefficient (Wildman–Crippen LogP) is 5.80. The number of hydrogen-bond donors (Lipinski definition) is 0. The van der Waals surface area contributed by atoms with Gasteiger partial charge in [-0.15, -0.1) is 0 Å². The topological polar surface area (TPSA) is 18.5 Å². The van der Waals surface area contributed by atoms with E-state index >= 15 is 0 Å². The van der Waals surface area contributed by atoms with Crippen molar-refractivity contribution >= 4 is 0 Å². The summed E-state index contributed by atoms with van der Waals surface area (Å²) >= 11 is 0. The van der Waals surface area contributed by atoms with Crippen molar-refractivity contribution in [2.45, 2.75) is 105 Å². The van der Waals surface area contributed by atoms with Crippen molar-refractivity contribution in [2.75, 3.05) is 0 Å². The van der Waals surface area contributed by atoms with Gasteiger partial charge in [-0.05, 0) is 65.2 Å². The van der Waals surface area contributed by atoms with Crippen LogP contribution in [0.1, 0.15) is 87.0 Å². The molecule has 3 atom stereocenters. The molecule has 0 aromatic rings. The third-order valence-corrected chi connectivity index (χ3v) is 4.76. The summed E-state index contributed by atoms with van der Waals surface area (Å²) in [6.07, 6.45) is 8.58. The highest BCUT2D eigenvalue weighted by molar-refractivity contribution is 4.95. The maximum Gasteiger partial charge on any atom is 0.163 e. The van der Waals surface area contributed by atoms with E-state index in [1.807, 2.05) is 13.8 Å². The van der Waals surface area contributed by atoms with E-state index in [9.17, 15) is 0 Å². The molecule has 2 rings (SSSR count). The standard InChI is InChI=1S/C17H32O2.C2H6/c1-12(2)18-16(19-13(3)4)17-8-6-7-15(11-17)9-14(5)10-17;1-2/h12-16H,6-11H2,1-5H3;1-2H3. The molecule has 2 aliphatic rings. The normalized spacial score (nSPS) is 32.3. The Bertz CT molecular complexity index is 273. The van der Waals surface area contributed by atoms with E-state index < -0.39 is 0 Å². The van der Waals surface area contributed by atoms with Crippen LogP contribution in [0.3, 0.4) is 0 Å². The second kappa shape index (κ2) is 8.53. The SMILES string of the molecule is CC.CC1CC2CCCC(C(OC(C)C)OC(C)C)(C1)C2. The molecule has 2 nitrogen and oxygen atoms in total. The maximum absolute atomic E-state index is 6.20. The molecule has 126 valence electrons. The van der Waals surface area contributed by atoms with Crippen LogP contribution in [0.5, 0.6) is 0 Å². The van der Waals surface area contributed by atoms with E-state index in [-0.39, 0.29) is 23.9 Å². The quantitative estimate of drug-likeness (QED) is 0.598. The van der Waals surface area contributed by atoms with Gasteiger partial charge < -0.3 is 9.47 Å². The molecule has 0 saturated heterocycles. The second-order valence-corrected chi connectivity index (χ2v) is 7.57. The zero-order valence-electron chi connectivity index (χ0n) is 15.4. The van der Waals surface area contributed by atoms with Crippen molar-refractivity contribution in [3.63, 3.8) is 0 Å². The van der Waals surface area contributed by atoms with Gasteiger partial charge in [0.2, 0.25) is 0 Å². The summed E-state index contributed by atoms with van der Waals surface area (Å²) in [5, 5.41) is 0. The van der Waals surface area contributed by atoms with Crippen LogP contribution in [0.2, 0.25) is 0 Å². The number of hydrogen-bond acceptors (Lipinski definition) is 2. The molecule has 2 aliphatic carbocycles. The monoisotopic (exact) mass is 298 g/mol. The Hall–Kier alpha value is -0.0800. The van der Waals surface area contributed by atoms with Gasteiger partial charge in [0, 0.05) is 5.41 Å². The first-order valence-electron chi connectivity index (χ1n) is 9.22. The van der Waals surface area contributed by atoms with Gasteiger partial charge in [0.05, 0.1) is 12.2 Å². The van der Waals surface area contributed by atoms with Gasteiger partial charge in [-0.25, -0.2) is 0 Å². The molecule has 0 spiro atoms. The molecule has 3 unspecified atom stereocenters. The highest BCUT2D eigenvalue weighted by atomic mass is 16.7. The average molecular weight is 299 g/mol.